The predicted molar refractivity (Wildman–Crippen MR) is 89.7 cm³/mol. The minimum absolute atomic E-state index is 0. The number of carbonyl (C=O) groups is 5. The van der Waals surface area contributed by atoms with Gasteiger partial charge >= 0.3 is 49.7 Å². The average molecular weight is 515 g/mol. The second kappa shape index (κ2) is 16.8. The van der Waals surface area contributed by atoms with Gasteiger partial charge in [0.05, 0.1) is 13.0 Å². The third-order valence-electron chi connectivity index (χ3n) is 3.30. The smallest absolute Gasteiger partial charge is 0.550 e. The number of hydrogen-bond donors (Lipinski definition) is 6. The van der Waals surface area contributed by atoms with E-state index < -0.39 is 59.7 Å². The van der Waals surface area contributed by atoms with Gasteiger partial charge in [0.25, 0.3) is 0 Å². The standard InChI is InChI=1S/C9H17NO5.C6H8O7.Ca.Zn/c1-9(2,5-11)7(14)8(15)10-4-3-6(12)13;7-3(8)1-6(13,5(11)12)2-4(9)10;;/h7,11,14H,3-5H2,1-2H3,(H,10,15)(H,12,13);13H,1-2H2,(H,7,8)(H,9,10)(H,11,12);;/q;;+2;/p-2/t7-;;;/m0.../s1. The van der Waals surface area contributed by atoms with E-state index in [1.165, 1.54) is 13.8 Å². The predicted octanol–water partition coefficient (Wildman–Crippen LogP) is -5.34. The molecular weight excluding hydrogens is 492 g/mol. The van der Waals surface area contributed by atoms with E-state index in [4.69, 9.17) is 20.4 Å². The molecule has 0 radical (unpaired) electrons. The molecule has 0 aliphatic heterocycles. The van der Waals surface area contributed by atoms with Gasteiger partial charge in [0, 0.05) is 56.2 Å². The third kappa shape index (κ3) is 15.9. The van der Waals surface area contributed by atoms with Gasteiger partial charge < -0.3 is 50.7 Å². The Labute approximate surface area is 214 Å². The first kappa shape index (κ1) is 36.5. The Kier molecular flexibility index (Phi) is 20.4. The second-order valence-corrected chi connectivity index (χ2v) is 6.42. The van der Waals surface area contributed by atoms with Crippen molar-refractivity contribution in [1.29, 1.82) is 0 Å². The number of amides is 1. The maximum atomic E-state index is 11.2. The zero-order valence-corrected chi connectivity index (χ0v) is 21.8. The van der Waals surface area contributed by atoms with Crippen LogP contribution < -0.4 is 15.5 Å². The number of nitrogens with one attached hydrogen (secondary N) is 1. The first-order valence-corrected chi connectivity index (χ1v) is 7.73. The number of carbonyl (C=O) groups excluding carboxylic acids is 3. The quantitative estimate of drug-likeness (QED) is 0.141. The molecule has 0 bridgehead atoms. The van der Waals surface area contributed by atoms with E-state index in [0.29, 0.717) is 0 Å². The molecule has 0 aromatic rings. The summed E-state index contributed by atoms with van der Waals surface area (Å²) >= 11 is 0. The van der Waals surface area contributed by atoms with E-state index in [-0.39, 0.29) is 76.8 Å². The van der Waals surface area contributed by atoms with Gasteiger partial charge in [-0.05, 0) is 0 Å². The van der Waals surface area contributed by atoms with Crippen LogP contribution in [0.3, 0.4) is 0 Å². The molecule has 0 rings (SSSR count). The fourth-order valence-electron chi connectivity index (χ4n) is 1.53. The summed E-state index contributed by atoms with van der Waals surface area (Å²) < 4.78 is 0. The van der Waals surface area contributed by atoms with Crippen LogP contribution in [-0.4, -0.2) is 118 Å². The molecule has 0 aliphatic rings. The Morgan fingerprint density at radius 2 is 1.47 bits per heavy atom. The van der Waals surface area contributed by atoms with E-state index >= 15 is 0 Å². The Morgan fingerprint density at radius 3 is 1.77 bits per heavy atom. The number of carboxylic acids is 4. The van der Waals surface area contributed by atoms with Gasteiger partial charge in [-0.25, -0.2) is 4.79 Å². The number of aliphatic hydroxyl groups is 3. The largest absolute Gasteiger partial charge is 2.00 e. The molecule has 6 N–H and O–H groups in total. The molecule has 0 aromatic carbocycles. The van der Waals surface area contributed by atoms with Crippen LogP contribution in [0.2, 0.25) is 0 Å². The SMILES string of the molecule is CC(C)(CO)[C@@H](O)C(=O)NCCC(=O)[O-].O=C([O-])CC(O)(CC(=O)O)C(=O)O.[Ca+2].[Zn]. The molecule has 2 atom stereocenters. The first-order chi connectivity index (χ1) is 12.6. The van der Waals surface area contributed by atoms with Crippen LogP contribution in [0.5, 0.6) is 0 Å². The van der Waals surface area contributed by atoms with Gasteiger partial charge in [-0.3, -0.25) is 9.59 Å². The van der Waals surface area contributed by atoms with Gasteiger partial charge in [0.1, 0.15) is 6.10 Å². The Balaban J connectivity index is -0.000000213. The number of hydrogen-bond acceptors (Lipinski definition) is 10. The van der Waals surface area contributed by atoms with Crippen molar-refractivity contribution in [3.63, 3.8) is 0 Å². The third-order valence-corrected chi connectivity index (χ3v) is 3.30. The average Bonchev–Trinajstić information content (AvgIpc) is 2.52. The molecule has 0 fully saturated rings. The van der Waals surface area contributed by atoms with Gasteiger partial charge in [0.2, 0.25) is 5.91 Å². The zero-order chi connectivity index (χ0) is 22.7. The van der Waals surface area contributed by atoms with Gasteiger partial charge in [-0.1, -0.05) is 13.8 Å². The Hall–Kier alpha value is -0.887. The molecule has 0 saturated heterocycles. The van der Waals surface area contributed by atoms with Crippen molar-refractivity contribution in [2.24, 2.45) is 5.41 Å². The van der Waals surface area contributed by atoms with Crippen molar-refractivity contribution >= 4 is 67.5 Å². The molecule has 0 saturated carbocycles. The molecule has 164 valence electrons. The molecule has 13 nitrogen and oxygen atoms in total. The summed E-state index contributed by atoms with van der Waals surface area (Å²) in [6.45, 7) is 2.60. The van der Waals surface area contributed by atoms with Crippen molar-refractivity contribution < 1.29 is 79.2 Å². The van der Waals surface area contributed by atoms with Crippen molar-refractivity contribution in [2.45, 2.75) is 44.8 Å². The minimum Gasteiger partial charge on any atom is -0.550 e. The summed E-state index contributed by atoms with van der Waals surface area (Å²) in [5.74, 6) is -7.31. The summed E-state index contributed by atoms with van der Waals surface area (Å²) in [7, 11) is 0. The second-order valence-electron chi connectivity index (χ2n) is 6.42. The Bertz CT molecular complexity index is 582. The summed E-state index contributed by atoms with van der Waals surface area (Å²) in [6, 6.07) is 0. The van der Waals surface area contributed by atoms with Crippen LogP contribution in [0.15, 0.2) is 0 Å². The van der Waals surface area contributed by atoms with Crippen LogP contribution in [0.4, 0.5) is 0 Å². The fraction of sp³-hybridized carbons (Fsp3) is 0.667. The molecule has 15 heteroatoms. The van der Waals surface area contributed by atoms with Gasteiger partial charge in [-0.2, -0.15) is 0 Å². The fourth-order valence-corrected chi connectivity index (χ4v) is 1.53. The molecule has 0 heterocycles. The van der Waals surface area contributed by atoms with Crippen LogP contribution >= 0.6 is 0 Å². The number of aliphatic carboxylic acids is 4. The van der Waals surface area contributed by atoms with Crippen LogP contribution in [0.25, 0.3) is 0 Å². The topological polar surface area (TPSA) is 245 Å². The maximum absolute atomic E-state index is 11.2. The molecule has 0 spiro atoms. The molecular formula is C15H23CaNO12Zn. The van der Waals surface area contributed by atoms with E-state index in [9.17, 15) is 39.3 Å². The normalized spacial score (nSPS) is 13.0. The van der Waals surface area contributed by atoms with Crippen molar-refractivity contribution in [3.8, 4) is 0 Å². The molecule has 1 amide bonds. The first-order valence-electron chi connectivity index (χ1n) is 7.73. The molecule has 30 heavy (non-hydrogen) atoms. The minimum atomic E-state index is -2.80. The van der Waals surface area contributed by atoms with Crippen molar-refractivity contribution in [2.75, 3.05) is 13.2 Å². The van der Waals surface area contributed by atoms with E-state index in [2.05, 4.69) is 5.32 Å². The van der Waals surface area contributed by atoms with E-state index in [0.717, 1.165) is 0 Å². The van der Waals surface area contributed by atoms with Crippen LogP contribution in [0, 0.1) is 5.41 Å². The van der Waals surface area contributed by atoms with Crippen LogP contribution in [0.1, 0.15) is 33.1 Å². The van der Waals surface area contributed by atoms with Crippen LogP contribution in [-0.2, 0) is 43.5 Å². The molecule has 1 unspecified atom stereocenters. The summed E-state index contributed by atoms with van der Waals surface area (Å²) in [5.41, 5.74) is -3.75. The van der Waals surface area contributed by atoms with Gasteiger partial charge in [-0.15, -0.1) is 0 Å². The van der Waals surface area contributed by atoms with E-state index in [1.54, 1.807) is 0 Å². The monoisotopic (exact) mass is 513 g/mol. The number of carboxylic acid groups (broad SMARTS) is 4. The molecule has 0 aromatic heterocycles. The van der Waals surface area contributed by atoms with Crippen molar-refractivity contribution in [1.82, 2.24) is 5.32 Å². The zero-order valence-electron chi connectivity index (χ0n) is 16.6. The summed E-state index contributed by atoms with van der Waals surface area (Å²) in [5, 5.41) is 66.1. The maximum Gasteiger partial charge on any atom is 2.00 e. The summed E-state index contributed by atoms with van der Waals surface area (Å²) in [6.07, 6.45) is -4.12. The van der Waals surface area contributed by atoms with E-state index in [1.807, 2.05) is 0 Å². The summed E-state index contributed by atoms with van der Waals surface area (Å²) in [4.78, 5) is 51.6. The van der Waals surface area contributed by atoms with Gasteiger partial charge in [0.15, 0.2) is 5.60 Å². The van der Waals surface area contributed by atoms with Crippen molar-refractivity contribution in [3.05, 3.63) is 0 Å². The Morgan fingerprint density at radius 1 is 1.00 bits per heavy atom. The number of aliphatic hydroxyl groups excluding tert-OH is 2. The molecule has 0 aliphatic carbocycles. The number of rotatable bonds is 11.